The number of aliphatic hydroxyl groups is 1. The van der Waals surface area contributed by atoms with E-state index in [2.05, 4.69) is 4.90 Å². The molecule has 13 heavy (non-hydrogen) atoms. The van der Waals surface area contributed by atoms with Gasteiger partial charge in [0.05, 0.1) is 5.60 Å². The first kappa shape index (κ1) is 11.3. The molecule has 0 radical (unpaired) electrons. The van der Waals surface area contributed by atoms with E-state index in [1.807, 2.05) is 25.6 Å². The van der Waals surface area contributed by atoms with Gasteiger partial charge in [-0.05, 0) is 39.0 Å². The van der Waals surface area contributed by atoms with Gasteiger partial charge in [-0.25, -0.2) is 0 Å². The molecule has 1 heterocycles. The van der Waals surface area contributed by atoms with Crippen molar-refractivity contribution >= 4 is 11.8 Å². The van der Waals surface area contributed by atoms with Crippen LogP contribution in [0.2, 0.25) is 0 Å². The van der Waals surface area contributed by atoms with Gasteiger partial charge in [0.25, 0.3) is 0 Å². The van der Waals surface area contributed by atoms with E-state index in [4.69, 9.17) is 0 Å². The first-order valence-corrected chi connectivity index (χ1v) is 6.26. The predicted octanol–water partition coefficient (Wildman–Crippen LogP) is 1.59. The molecule has 1 aliphatic heterocycles. The minimum absolute atomic E-state index is 0.501. The summed E-state index contributed by atoms with van der Waals surface area (Å²) in [7, 11) is 0. The average Bonchev–Trinajstić information content (AvgIpc) is 2.26. The van der Waals surface area contributed by atoms with Gasteiger partial charge in [-0.15, -0.1) is 0 Å². The second-order valence-electron chi connectivity index (χ2n) is 4.37. The van der Waals surface area contributed by atoms with Crippen molar-refractivity contribution in [3.8, 4) is 0 Å². The van der Waals surface area contributed by atoms with Crippen molar-refractivity contribution in [3.63, 3.8) is 0 Å². The van der Waals surface area contributed by atoms with Crippen LogP contribution in [0.1, 0.15) is 26.7 Å². The van der Waals surface area contributed by atoms with Crippen molar-refractivity contribution < 1.29 is 5.11 Å². The Kier molecular flexibility index (Phi) is 4.56. The number of thioether (sulfide) groups is 1. The van der Waals surface area contributed by atoms with Gasteiger partial charge in [0, 0.05) is 18.8 Å². The third-order valence-corrected chi connectivity index (χ3v) is 3.40. The van der Waals surface area contributed by atoms with Gasteiger partial charge in [-0.2, -0.15) is 11.8 Å². The normalized spacial score (nSPS) is 21.5. The van der Waals surface area contributed by atoms with E-state index in [-0.39, 0.29) is 0 Å². The van der Waals surface area contributed by atoms with E-state index < -0.39 is 5.60 Å². The number of hydrogen-bond donors (Lipinski definition) is 1. The van der Waals surface area contributed by atoms with Crippen LogP contribution in [0.5, 0.6) is 0 Å². The summed E-state index contributed by atoms with van der Waals surface area (Å²) in [5, 5.41) is 9.59. The third-order valence-electron chi connectivity index (χ3n) is 2.35. The molecule has 1 aliphatic rings. The Bertz CT molecular complexity index is 136. The van der Waals surface area contributed by atoms with Crippen molar-refractivity contribution in [2.24, 2.45) is 0 Å². The molecule has 3 heteroatoms. The Balaban J connectivity index is 2.19. The summed E-state index contributed by atoms with van der Waals surface area (Å²) < 4.78 is 0. The molecule has 0 spiro atoms. The summed E-state index contributed by atoms with van der Waals surface area (Å²) in [4.78, 5) is 2.47. The van der Waals surface area contributed by atoms with E-state index in [9.17, 15) is 5.11 Å². The minimum atomic E-state index is -0.501. The maximum absolute atomic E-state index is 9.59. The molecular formula is C10H21NOS. The lowest BCUT2D eigenvalue weighted by Crippen LogP contribution is -2.32. The van der Waals surface area contributed by atoms with Crippen LogP contribution in [-0.2, 0) is 0 Å². The van der Waals surface area contributed by atoms with E-state index in [1.54, 1.807) is 0 Å². The Morgan fingerprint density at radius 1 is 1.31 bits per heavy atom. The average molecular weight is 203 g/mol. The Hall–Kier alpha value is 0.270. The highest BCUT2D eigenvalue weighted by Gasteiger charge is 2.15. The predicted molar refractivity (Wildman–Crippen MR) is 59.3 cm³/mol. The highest BCUT2D eigenvalue weighted by molar-refractivity contribution is 7.99. The standard InChI is InChI=1S/C10H21NOS/c1-10(2,12)4-6-11-5-3-8-13-9-7-11/h12H,3-9H2,1-2H3. The topological polar surface area (TPSA) is 23.5 Å². The molecule has 2 nitrogen and oxygen atoms in total. The molecule has 0 atom stereocenters. The van der Waals surface area contributed by atoms with Crippen LogP contribution in [0, 0.1) is 0 Å². The van der Waals surface area contributed by atoms with Crippen molar-refractivity contribution in [2.75, 3.05) is 31.1 Å². The van der Waals surface area contributed by atoms with E-state index >= 15 is 0 Å². The van der Waals surface area contributed by atoms with Crippen molar-refractivity contribution in [1.82, 2.24) is 4.90 Å². The SMILES string of the molecule is CC(C)(O)CCN1CCCSCC1. The summed E-state index contributed by atoms with van der Waals surface area (Å²) in [6, 6.07) is 0. The second-order valence-corrected chi connectivity index (χ2v) is 5.59. The molecule has 1 fully saturated rings. The maximum atomic E-state index is 9.59. The molecule has 0 aromatic rings. The summed E-state index contributed by atoms with van der Waals surface area (Å²) in [6.07, 6.45) is 2.19. The van der Waals surface area contributed by atoms with Gasteiger partial charge in [0.2, 0.25) is 0 Å². The van der Waals surface area contributed by atoms with Crippen LogP contribution in [0.25, 0.3) is 0 Å². The summed E-state index contributed by atoms with van der Waals surface area (Å²) in [5.41, 5.74) is -0.501. The number of hydrogen-bond acceptors (Lipinski definition) is 3. The van der Waals surface area contributed by atoms with E-state index in [1.165, 1.54) is 31.0 Å². The smallest absolute Gasteiger partial charge is 0.0603 e. The molecule has 0 aromatic heterocycles. The molecule has 1 saturated heterocycles. The summed E-state index contributed by atoms with van der Waals surface area (Å²) in [5.74, 6) is 2.56. The van der Waals surface area contributed by atoms with Crippen molar-refractivity contribution in [3.05, 3.63) is 0 Å². The van der Waals surface area contributed by atoms with Crippen LogP contribution in [0.3, 0.4) is 0 Å². The van der Waals surface area contributed by atoms with Crippen molar-refractivity contribution in [1.29, 1.82) is 0 Å². The van der Waals surface area contributed by atoms with Crippen LogP contribution in [-0.4, -0.2) is 46.7 Å². The summed E-state index contributed by atoms with van der Waals surface area (Å²) in [6.45, 7) is 7.23. The molecule has 1 N–H and O–H groups in total. The molecule has 0 saturated carbocycles. The van der Waals surface area contributed by atoms with Gasteiger partial charge >= 0.3 is 0 Å². The molecule has 0 aromatic carbocycles. The van der Waals surface area contributed by atoms with Gasteiger partial charge in [0.1, 0.15) is 0 Å². The first-order chi connectivity index (χ1) is 6.08. The lowest BCUT2D eigenvalue weighted by atomic mass is 10.1. The largest absolute Gasteiger partial charge is 0.390 e. The van der Waals surface area contributed by atoms with Crippen LogP contribution in [0.15, 0.2) is 0 Å². The van der Waals surface area contributed by atoms with Crippen LogP contribution in [0.4, 0.5) is 0 Å². The van der Waals surface area contributed by atoms with Crippen molar-refractivity contribution in [2.45, 2.75) is 32.3 Å². The lowest BCUT2D eigenvalue weighted by Gasteiger charge is -2.24. The Morgan fingerprint density at radius 2 is 2.08 bits per heavy atom. The molecular weight excluding hydrogens is 182 g/mol. The summed E-state index contributed by atoms with van der Waals surface area (Å²) >= 11 is 2.05. The monoisotopic (exact) mass is 203 g/mol. The first-order valence-electron chi connectivity index (χ1n) is 5.10. The highest BCUT2D eigenvalue weighted by atomic mass is 32.2. The van der Waals surface area contributed by atoms with E-state index in [0.29, 0.717) is 0 Å². The lowest BCUT2D eigenvalue weighted by molar-refractivity contribution is 0.0586. The fourth-order valence-electron chi connectivity index (χ4n) is 1.45. The molecule has 0 aliphatic carbocycles. The van der Waals surface area contributed by atoms with Crippen LogP contribution >= 0.6 is 11.8 Å². The van der Waals surface area contributed by atoms with Crippen LogP contribution < -0.4 is 0 Å². The number of rotatable bonds is 3. The highest BCUT2D eigenvalue weighted by Crippen LogP contribution is 2.13. The quantitative estimate of drug-likeness (QED) is 0.753. The second kappa shape index (κ2) is 5.23. The number of nitrogens with zero attached hydrogens (tertiary/aromatic N) is 1. The Labute approximate surface area is 85.7 Å². The molecule has 1 rings (SSSR count). The third kappa shape index (κ3) is 5.55. The van der Waals surface area contributed by atoms with Gasteiger partial charge < -0.3 is 10.0 Å². The van der Waals surface area contributed by atoms with E-state index in [0.717, 1.165) is 13.0 Å². The molecule has 0 unspecified atom stereocenters. The maximum Gasteiger partial charge on any atom is 0.0603 e. The Morgan fingerprint density at radius 3 is 2.77 bits per heavy atom. The minimum Gasteiger partial charge on any atom is -0.390 e. The fraction of sp³-hybridized carbons (Fsp3) is 1.00. The zero-order valence-corrected chi connectivity index (χ0v) is 9.57. The zero-order chi connectivity index (χ0) is 9.73. The molecule has 78 valence electrons. The zero-order valence-electron chi connectivity index (χ0n) is 8.75. The van der Waals surface area contributed by atoms with Gasteiger partial charge in [0.15, 0.2) is 0 Å². The van der Waals surface area contributed by atoms with Gasteiger partial charge in [-0.3, -0.25) is 0 Å². The molecule has 0 bridgehead atoms. The van der Waals surface area contributed by atoms with Gasteiger partial charge in [-0.1, -0.05) is 0 Å². The molecule has 0 amide bonds. The fourth-order valence-corrected chi connectivity index (χ4v) is 2.38.